The van der Waals surface area contributed by atoms with Crippen molar-refractivity contribution in [3.05, 3.63) is 33.6 Å². The summed E-state index contributed by atoms with van der Waals surface area (Å²) in [6.45, 7) is 0. The van der Waals surface area contributed by atoms with Crippen molar-refractivity contribution in [3.63, 3.8) is 0 Å². The van der Waals surface area contributed by atoms with Crippen molar-refractivity contribution in [1.29, 1.82) is 5.26 Å². The lowest BCUT2D eigenvalue weighted by Crippen LogP contribution is -2.07. The number of nitrogens with one attached hydrogen (secondary N) is 1. The summed E-state index contributed by atoms with van der Waals surface area (Å²) in [5, 5.41) is 22.3. The fourth-order valence-corrected chi connectivity index (χ4v) is 1.41. The SMILES string of the molecule is N#Cc1c(F)ccc([N+](=O)[O-])c1NC1CC1. The van der Waals surface area contributed by atoms with Crippen LogP contribution in [0, 0.1) is 27.3 Å². The quantitative estimate of drug-likeness (QED) is 0.626. The lowest BCUT2D eigenvalue weighted by molar-refractivity contribution is -0.384. The molecular weight excluding hydrogens is 213 g/mol. The fraction of sp³-hybridized carbons (Fsp3) is 0.300. The van der Waals surface area contributed by atoms with Gasteiger partial charge in [-0.2, -0.15) is 5.26 Å². The van der Waals surface area contributed by atoms with Gasteiger partial charge in [-0.05, 0) is 18.9 Å². The number of halogens is 1. The molecule has 0 amide bonds. The average molecular weight is 221 g/mol. The molecule has 1 saturated carbocycles. The average Bonchev–Trinajstić information content (AvgIpc) is 3.01. The molecule has 0 heterocycles. The molecule has 0 unspecified atom stereocenters. The number of hydrogen-bond donors (Lipinski definition) is 1. The van der Waals surface area contributed by atoms with E-state index in [4.69, 9.17) is 5.26 Å². The number of nitro benzene ring substituents is 1. The van der Waals surface area contributed by atoms with E-state index in [9.17, 15) is 14.5 Å². The van der Waals surface area contributed by atoms with E-state index in [1.54, 1.807) is 6.07 Å². The van der Waals surface area contributed by atoms with Gasteiger partial charge >= 0.3 is 0 Å². The number of rotatable bonds is 3. The van der Waals surface area contributed by atoms with Gasteiger partial charge in [0.15, 0.2) is 0 Å². The van der Waals surface area contributed by atoms with Gasteiger partial charge in [0.1, 0.15) is 23.1 Å². The van der Waals surface area contributed by atoms with Crippen LogP contribution in [0.4, 0.5) is 15.8 Å². The van der Waals surface area contributed by atoms with E-state index in [1.165, 1.54) is 0 Å². The Balaban J connectivity index is 2.52. The van der Waals surface area contributed by atoms with Gasteiger partial charge < -0.3 is 5.32 Å². The smallest absolute Gasteiger partial charge is 0.293 e. The van der Waals surface area contributed by atoms with Gasteiger partial charge in [-0.15, -0.1) is 0 Å². The number of benzene rings is 1. The van der Waals surface area contributed by atoms with Crippen molar-refractivity contribution < 1.29 is 9.31 Å². The molecular formula is C10H8FN3O2. The highest BCUT2D eigenvalue weighted by Crippen LogP contribution is 2.34. The Hall–Kier alpha value is -2.16. The Kier molecular flexibility index (Phi) is 2.44. The van der Waals surface area contributed by atoms with Crippen LogP contribution in [0.5, 0.6) is 0 Å². The molecule has 1 aromatic carbocycles. The van der Waals surface area contributed by atoms with Crippen LogP contribution in [0.15, 0.2) is 12.1 Å². The zero-order valence-electron chi connectivity index (χ0n) is 8.24. The number of hydrogen-bond acceptors (Lipinski definition) is 4. The Morgan fingerprint density at radius 1 is 1.56 bits per heavy atom. The lowest BCUT2D eigenvalue weighted by atomic mass is 10.1. The van der Waals surface area contributed by atoms with Crippen molar-refractivity contribution in [3.8, 4) is 6.07 Å². The number of nitrogens with zero attached hydrogens (tertiary/aromatic N) is 2. The molecule has 0 spiro atoms. The van der Waals surface area contributed by atoms with Crippen molar-refractivity contribution in [2.45, 2.75) is 18.9 Å². The first-order chi connectivity index (χ1) is 7.63. The monoisotopic (exact) mass is 221 g/mol. The van der Waals surface area contributed by atoms with E-state index < -0.39 is 10.7 Å². The second kappa shape index (κ2) is 3.77. The zero-order valence-corrected chi connectivity index (χ0v) is 8.24. The van der Waals surface area contributed by atoms with Gasteiger partial charge in [0.25, 0.3) is 5.69 Å². The Labute approximate surface area is 90.6 Å². The standard InChI is InChI=1S/C10H8FN3O2/c11-8-3-4-9(14(15)16)10(7(8)5-12)13-6-1-2-6/h3-4,6,13H,1-2H2. The van der Waals surface area contributed by atoms with Crippen molar-refractivity contribution in [2.75, 3.05) is 5.32 Å². The molecule has 0 radical (unpaired) electrons. The third-order valence-corrected chi connectivity index (χ3v) is 2.37. The molecule has 6 heteroatoms. The molecule has 1 aliphatic rings. The molecule has 0 aromatic heterocycles. The van der Waals surface area contributed by atoms with E-state index in [0.29, 0.717) is 0 Å². The molecule has 0 saturated heterocycles. The van der Waals surface area contributed by atoms with E-state index in [1.807, 2.05) is 0 Å². The lowest BCUT2D eigenvalue weighted by Gasteiger charge is -2.07. The summed E-state index contributed by atoms with van der Waals surface area (Å²) in [5.74, 6) is -0.740. The second-order valence-electron chi connectivity index (χ2n) is 3.60. The van der Waals surface area contributed by atoms with Crippen LogP contribution in [0.2, 0.25) is 0 Å². The van der Waals surface area contributed by atoms with Crippen LogP contribution in [-0.4, -0.2) is 11.0 Å². The van der Waals surface area contributed by atoms with E-state index in [2.05, 4.69) is 5.32 Å². The highest BCUT2D eigenvalue weighted by Gasteiger charge is 2.28. The van der Waals surface area contributed by atoms with Crippen molar-refractivity contribution in [2.24, 2.45) is 0 Å². The van der Waals surface area contributed by atoms with Gasteiger partial charge in [-0.25, -0.2) is 4.39 Å². The van der Waals surface area contributed by atoms with E-state index >= 15 is 0 Å². The second-order valence-corrected chi connectivity index (χ2v) is 3.60. The molecule has 1 N–H and O–H groups in total. The van der Waals surface area contributed by atoms with Gasteiger partial charge in [0, 0.05) is 12.1 Å². The minimum atomic E-state index is -0.740. The third kappa shape index (κ3) is 1.80. The van der Waals surface area contributed by atoms with Crippen LogP contribution >= 0.6 is 0 Å². The van der Waals surface area contributed by atoms with Crippen LogP contribution in [0.3, 0.4) is 0 Å². The van der Waals surface area contributed by atoms with Crippen LogP contribution < -0.4 is 5.32 Å². The largest absolute Gasteiger partial charge is 0.376 e. The normalized spacial score (nSPS) is 14.2. The topological polar surface area (TPSA) is 79.0 Å². The molecule has 1 aliphatic carbocycles. The summed E-state index contributed by atoms with van der Waals surface area (Å²) in [6.07, 6.45) is 1.77. The number of nitro groups is 1. The molecule has 2 rings (SSSR count). The summed E-state index contributed by atoms with van der Waals surface area (Å²) in [5.41, 5.74) is -0.555. The molecule has 0 atom stereocenters. The molecule has 16 heavy (non-hydrogen) atoms. The first-order valence-corrected chi connectivity index (χ1v) is 4.77. The summed E-state index contributed by atoms with van der Waals surface area (Å²) < 4.78 is 13.3. The molecule has 0 aliphatic heterocycles. The summed E-state index contributed by atoms with van der Waals surface area (Å²) >= 11 is 0. The molecule has 1 fully saturated rings. The van der Waals surface area contributed by atoms with Gasteiger partial charge in [-0.1, -0.05) is 0 Å². The van der Waals surface area contributed by atoms with Crippen LogP contribution in [0.1, 0.15) is 18.4 Å². The molecule has 82 valence electrons. The molecule has 5 nitrogen and oxygen atoms in total. The predicted octanol–water partition coefficient (Wildman–Crippen LogP) is 2.18. The highest BCUT2D eigenvalue weighted by atomic mass is 19.1. The fourth-order valence-electron chi connectivity index (χ4n) is 1.41. The maximum absolute atomic E-state index is 13.3. The number of anilines is 1. The Morgan fingerprint density at radius 2 is 2.25 bits per heavy atom. The van der Waals surface area contributed by atoms with Crippen LogP contribution in [-0.2, 0) is 0 Å². The first-order valence-electron chi connectivity index (χ1n) is 4.77. The maximum Gasteiger partial charge on any atom is 0.293 e. The van der Waals surface area contributed by atoms with E-state index in [-0.39, 0.29) is 23.0 Å². The van der Waals surface area contributed by atoms with E-state index in [0.717, 1.165) is 25.0 Å². The minimum Gasteiger partial charge on any atom is -0.376 e. The Morgan fingerprint density at radius 3 is 2.75 bits per heavy atom. The third-order valence-electron chi connectivity index (χ3n) is 2.37. The summed E-state index contributed by atoms with van der Waals surface area (Å²) in [6, 6.07) is 3.78. The zero-order chi connectivity index (χ0) is 11.7. The molecule has 0 bridgehead atoms. The van der Waals surface area contributed by atoms with Crippen molar-refractivity contribution >= 4 is 11.4 Å². The molecule has 1 aromatic rings. The van der Waals surface area contributed by atoms with Crippen molar-refractivity contribution in [1.82, 2.24) is 0 Å². The summed E-state index contributed by atoms with van der Waals surface area (Å²) in [7, 11) is 0. The first kappa shape index (κ1) is 10.4. The number of nitriles is 1. The van der Waals surface area contributed by atoms with Crippen LogP contribution in [0.25, 0.3) is 0 Å². The summed E-state index contributed by atoms with van der Waals surface area (Å²) in [4.78, 5) is 10.1. The van der Waals surface area contributed by atoms with Gasteiger partial charge in [0.2, 0.25) is 0 Å². The minimum absolute atomic E-state index is 0.00463. The predicted molar refractivity (Wildman–Crippen MR) is 54.4 cm³/mol. The maximum atomic E-state index is 13.3. The highest BCUT2D eigenvalue weighted by molar-refractivity contribution is 5.71. The Bertz CT molecular complexity index is 492. The van der Waals surface area contributed by atoms with Gasteiger partial charge in [-0.3, -0.25) is 10.1 Å². The van der Waals surface area contributed by atoms with Gasteiger partial charge in [0.05, 0.1) is 4.92 Å².